The number of rotatable bonds is 6. The first-order valence-corrected chi connectivity index (χ1v) is 16.4. The Hall–Kier alpha value is -4.06. The number of aromatic nitrogens is 2. The average molecular weight is 668 g/mol. The van der Waals surface area contributed by atoms with Gasteiger partial charge >= 0.3 is 6.01 Å². The third-order valence-electron chi connectivity index (χ3n) is 10.2. The molecule has 3 N–H and O–H groups in total. The number of alkyl halides is 1. The van der Waals surface area contributed by atoms with E-state index in [1.165, 1.54) is 18.2 Å². The minimum Gasteiger partial charge on any atom is -0.461 e. The maximum Gasteiger partial charge on any atom is 0.319 e. The van der Waals surface area contributed by atoms with E-state index in [1.54, 1.807) is 6.07 Å². The third kappa shape index (κ3) is 4.89. The molecule has 8 nitrogen and oxygen atoms in total. The quantitative estimate of drug-likeness (QED) is 0.232. The van der Waals surface area contributed by atoms with Crippen LogP contribution in [0.4, 0.5) is 32.8 Å². The molecule has 2 bridgehead atoms. The Kier molecular flexibility index (Phi) is 7.09. The number of nitrogen functional groups attached to an aromatic ring is 1. The van der Waals surface area contributed by atoms with Gasteiger partial charge in [0.1, 0.15) is 41.0 Å². The van der Waals surface area contributed by atoms with Gasteiger partial charge in [-0.1, -0.05) is 12.1 Å². The van der Waals surface area contributed by atoms with Crippen LogP contribution in [0.15, 0.2) is 36.4 Å². The Morgan fingerprint density at radius 2 is 2.00 bits per heavy atom. The summed E-state index contributed by atoms with van der Waals surface area (Å²) in [6.45, 7) is 1.81. The van der Waals surface area contributed by atoms with Crippen LogP contribution in [0.5, 0.6) is 6.01 Å². The molecule has 8 rings (SSSR count). The van der Waals surface area contributed by atoms with Crippen LogP contribution < -0.4 is 20.7 Å². The zero-order valence-electron chi connectivity index (χ0n) is 25.1. The van der Waals surface area contributed by atoms with Crippen LogP contribution in [0.25, 0.3) is 32.1 Å². The molecule has 2 aromatic heterocycles. The maximum atomic E-state index is 16.8. The van der Waals surface area contributed by atoms with Gasteiger partial charge in [-0.25, -0.2) is 13.2 Å². The van der Waals surface area contributed by atoms with E-state index in [2.05, 4.69) is 15.2 Å². The predicted octanol–water partition coefficient (Wildman–Crippen LogP) is 6.29. The molecule has 14 heteroatoms. The van der Waals surface area contributed by atoms with E-state index in [9.17, 15) is 22.8 Å². The molecule has 0 spiro atoms. The molecular weight excluding hydrogens is 637 g/mol. The second-order valence-corrected chi connectivity index (χ2v) is 14.2. The van der Waals surface area contributed by atoms with Gasteiger partial charge in [0.2, 0.25) is 0 Å². The SMILES string of the molecule is N#Cc1c(N)sc2c(F)ccc(-c3ccc4c(N5C[C@H]6CC[C@@](C=C(F)F)(C5)N6)nc(OC[C@@]56CCCN5C[C@H](F)C6)nc4c3F)c12. The van der Waals surface area contributed by atoms with Crippen molar-refractivity contribution in [1.82, 2.24) is 20.2 Å². The summed E-state index contributed by atoms with van der Waals surface area (Å²) in [5, 5.41) is 13.8. The molecule has 2 aromatic carbocycles. The molecule has 4 saturated heterocycles. The number of hydrogen-bond donors (Lipinski definition) is 2. The van der Waals surface area contributed by atoms with E-state index < -0.39 is 35.0 Å². The van der Waals surface area contributed by atoms with Crippen molar-refractivity contribution in [3.05, 3.63) is 53.6 Å². The molecular formula is C33H30F5N7OS. The van der Waals surface area contributed by atoms with E-state index in [-0.39, 0.29) is 62.5 Å². The lowest BCUT2D eigenvalue weighted by molar-refractivity contribution is 0.107. The van der Waals surface area contributed by atoms with Gasteiger partial charge in [-0.05, 0) is 49.9 Å². The number of hydrogen-bond acceptors (Lipinski definition) is 9. The van der Waals surface area contributed by atoms with E-state index in [4.69, 9.17) is 15.5 Å². The summed E-state index contributed by atoms with van der Waals surface area (Å²) >= 11 is 0.918. The number of nitrogens with zero attached hydrogens (tertiary/aromatic N) is 5. The molecule has 4 atom stereocenters. The Labute approximate surface area is 270 Å². The summed E-state index contributed by atoms with van der Waals surface area (Å²) in [5.74, 6) is -0.990. The lowest BCUT2D eigenvalue weighted by Gasteiger charge is -2.40. The van der Waals surface area contributed by atoms with E-state index in [0.717, 1.165) is 36.8 Å². The summed E-state index contributed by atoms with van der Waals surface area (Å²) in [4.78, 5) is 13.2. The molecule has 4 aliphatic heterocycles. The molecule has 4 aromatic rings. The fraction of sp³-hybridized carbons (Fsp3) is 0.424. The molecule has 244 valence electrons. The highest BCUT2D eigenvalue weighted by molar-refractivity contribution is 7.23. The highest BCUT2D eigenvalue weighted by Crippen LogP contribution is 2.44. The molecule has 0 saturated carbocycles. The molecule has 47 heavy (non-hydrogen) atoms. The van der Waals surface area contributed by atoms with Crippen LogP contribution in [0.1, 0.15) is 37.7 Å². The average Bonchev–Trinajstić information content (AvgIpc) is 3.75. The van der Waals surface area contributed by atoms with Crippen molar-refractivity contribution >= 4 is 43.1 Å². The van der Waals surface area contributed by atoms with Crippen molar-refractivity contribution in [3.8, 4) is 23.2 Å². The van der Waals surface area contributed by atoms with Crippen LogP contribution in [-0.2, 0) is 0 Å². The lowest BCUT2D eigenvalue weighted by atomic mass is 9.95. The Balaban J connectivity index is 1.27. The molecule has 6 heterocycles. The molecule has 0 amide bonds. The van der Waals surface area contributed by atoms with E-state index >= 15 is 4.39 Å². The van der Waals surface area contributed by atoms with Gasteiger partial charge in [0, 0.05) is 54.5 Å². The molecule has 0 radical (unpaired) electrons. The van der Waals surface area contributed by atoms with Crippen LogP contribution >= 0.6 is 11.3 Å². The number of piperazine rings is 1. The maximum absolute atomic E-state index is 16.8. The van der Waals surface area contributed by atoms with E-state index in [1.807, 2.05) is 11.0 Å². The zero-order chi connectivity index (χ0) is 32.7. The van der Waals surface area contributed by atoms with Gasteiger partial charge in [0.25, 0.3) is 6.08 Å². The number of thiophene rings is 1. The van der Waals surface area contributed by atoms with Gasteiger partial charge in [0.15, 0.2) is 5.82 Å². The van der Waals surface area contributed by atoms with Crippen molar-refractivity contribution in [1.29, 1.82) is 5.26 Å². The van der Waals surface area contributed by atoms with Crippen LogP contribution in [0, 0.1) is 23.0 Å². The topological polar surface area (TPSA) is 103 Å². The fourth-order valence-corrected chi connectivity index (χ4v) is 9.21. The summed E-state index contributed by atoms with van der Waals surface area (Å²) in [6.07, 6.45) is 1.35. The number of nitrogens with one attached hydrogen (secondary N) is 1. The predicted molar refractivity (Wildman–Crippen MR) is 169 cm³/mol. The summed E-state index contributed by atoms with van der Waals surface area (Å²) in [7, 11) is 0. The number of nitrogens with two attached hydrogens (primary N) is 1. The summed E-state index contributed by atoms with van der Waals surface area (Å²) in [5.41, 5.74) is 4.88. The number of nitriles is 1. The first-order valence-electron chi connectivity index (χ1n) is 15.6. The normalized spacial score (nSPS) is 27.0. The fourth-order valence-electron chi connectivity index (χ4n) is 8.26. The van der Waals surface area contributed by atoms with Gasteiger partial charge in [0.05, 0.1) is 21.3 Å². The first-order chi connectivity index (χ1) is 22.6. The van der Waals surface area contributed by atoms with Crippen molar-refractivity contribution in [3.63, 3.8) is 0 Å². The second kappa shape index (κ2) is 11.0. The molecule has 4 aliphatic rings. The smallest absolute Gasteiger partial charge is 0.319 e. The Bertz CT molecular complexity index is 2010. The van der Waals surface area contributed by atoms with Crippen LogP contribution in [0.3, 0.4) is 0 Å². The summed E-state index contributed by atoms with van der Waals surface area (Å²) in [6, 6.07) is 7.60. The highest BCUT2D eigenvalue weighted by Gasteiger charge is 2.50. The van der Waals surface area contributed by atoms with Crippen molar-refractivity contribution in [2.45, 2.75) is 55.4 Å². The van der Waals surface area contributed by atoms with Gasteiger partial charge < -0.3 is 20.7 Å². The van der Waals surface area contributed by atoms with Crippen molar-refractivity contribution in [2.24, 2.45) is 0 Å². The largest absolute Gasteiger partial charge is 0.461 e. The third-order valence-corrected chi connectivity index (χ3v) is 11.3. The number of benzene rings is 2. The molecule has 0 unspecified atom stereocenters. The number of halogens is 5. The molecule has 0 aliphatic carbocycles. The van der Waals surface area contributed by atoms with Crippen molar-refractivity contribution in [2.75, 3.05) is 43.4 Å². The Morgan fingerprint density at radius 1 is 1.17 bits per heavy atom. The van der Waals surface area contributed by atoms with Gasteiger partial charge in [-0.2, -0.15) is 24.0 Å². The number of anilines is 2. The van der Waals surface area contributed by atoms with Crippen LogP contribution in [-0.4, -0.2) is 70.9 Å². The monoisotopic (exact) mass is 667 g/mol. The summed E-state index contributed by atoms with van der Waals surface area (Å²) < 4.78 is 79.6. The van der Waals surface area contributed by atoms with Gasteiger partial charge in [-0.15, -0.1) is 11.3 Å². The van der Waals surface area contributed by atoms with E-state index in [0.29, 0.717) is 43.6 Å². The minimum absolute atomic E-state index is 0.0595. The van der Waals surface area contributed by atoms with Crippen LogP contribution in [0.2, 0.25) is 0 Å². The van der Waals surface area contributed by atoms with Crippen molar-refractivity contribution < 1.29 is 26.7 Å². The van der Waals surface area contributed by atoms with Gasteiger partial charge in [-0.3, -0.25) is 4.90 Å². The number of ether oxygens (including phenoxy) is 1. The first kappa shape index (κ1) is 30.3. The molecule has 4 fully saturated rings. The second-order valence-electron chi connectivity index (χ2n) is 13.1. The Morgan fingerprint density at radius 3 is 2.81 bits per heavy atom. The zero-order valence-corrected chi connectivity index (χ0v) is 25.9. The minimum atomic E-state index is -1.79. The standard InChI is InChI=1S/C33H30F5N7OS/c34-17-10-33(7-1-9-45(33)13-17)16-46-31-41-27-21(30(42-31)44-14-18-6-8-32(15-44,43-18)11-24(36)37)3-2-20(26(27)38)19-4-5-23(35)28-25(19)22(12-39)29(40)47-28/h2-5,11,17-18,43H,1,6-10,13-16,40H2/t17-,18-,32-,33+/m1/s1. The number of fused-ring (bicyclic) bond motifs is 5. The highest BCUT2D eigenvalue weighted by atomic mass is 32.1. The lowest BCUT2D eigenvalue weighted by Crippen LogP contribution is -2.59.